The maximum atomic E-state index is 14.1. The molecule has 0 atom stereocenters. The lowest BCUT2D eigenvalue weighted by Crippen LogP contribution is -2.03. The second-order valence-corrected chi connectivity index (χ2v) is 7.03. The molecule has 2 heterocycles. The first-order valence-corrected chi connectivity index (χ1v) is 9.33. The molecule has 0 saturated carbocycles. The normalized spacial score (nSPS) is 12.7. The van der Waals surface area contributed by atoms with Gasteiger partial charge in [-0.1, -0.05) is 24.3 Å². The van der Waals surface area contributed by atoms with Crippen LogP contribution in [0.4, 0.5) is 4.39 Å². The summed E-state index contributed by atoms with van der Waals surface area (Å²) in [6.45, 7) is 0. The first-order valence-electron chi connectivity index (χ1n) is 9.33. The Labute approximate surface area is 170 Å². The first-order chi connectivity index (χ1) is 14.5. The fourth-order valence-corrected chi connectivity index (χ4v) is 3.84. The second kappa shape index (κ2) is 6.81. The van der Waals surface area contributed by atoms with Crippen LogP contribution < -0.4 is 4.74 Å². The number of benzene rings is 2. The summed E-state index contributed by atoms with van der Waals surface area (Å²) in [5, 5.41) is 15.0. The molecule has 2 aromatic carbocycles. The van der Waals surface area contributed by atoms with Gasteiger partial charge in [-0.3, -0.25) is 9.67 Å². The Morgan fingerprint density at radius 2 is 1.93 bits per heavy atom. The van der Waals surface area contributed by atoms with Gasteiger partial charge in [0.2, 0.25) is 0 Å². The number of carboxylic acid groups (broad SMARTS) is 1. The minimum Gasteiger partial charge on any atom is -0.478 e. The van der Waals surface area contributed by atoms with Crippen molar-refractivity contribution >= 4 is 28.5 Å². The number of hydrogen-bond acceptors (Lipinski definition) is 4. The molecule has 0 aliphatic heterocycles. The molecule has 1 aliphatic carbocycles. The monoisotopic (exact) mass is 401 g/mol. The standard InChI is InChI=1S/C23H16FN3O3/c1-27-22-15(5-4-8-20(22)30-19-7-3-2-6-17(19)24)21(26-27)13-11-16-14(23(28)29)9-10-25-18(16)12-13/h2-10,12H,11H2,1H3,(H,28,29). The predicted octanol–water partition coefficient (Wildman–Crippen LogP) is 4.69. The number of ether oxygens (including phenoxy) is 1. The third kappa shape index (κ3) is 2.83. The van der Waals surface area contributed by atoms with Gasteiger partial charge >= 0.3 is 5.97 Å². The van der Waals surface area contributed by atoms with Crippen molar-refractivity contribution < 1.29 is 19.0 Å². The van der Waals surface area contributed by atoms with Crippen LogP contribution in [0.2, 0.25) is 0 Å². The molecule has 6 nitrogen and oxygen atoms in total. The molecule has 4 aromatic rings. The van der Waals surface area contributed by atoms with Gasteiger partial charge in [-0.15, -0.1) is 0 Å². The van der Waals surface area contributed by atoms with E-state index in [4.69, 9.17) is 4.74 Å². The Bertz CT molecular complexity index is 1360. The van der Waals surface area contributed by atoms with Gasteiger partial charge in [0.05, 0.1) is 17.0 Å². The largest absolute Gasteiger partial charge is 0.478 e. The molecule has 0 bridgehead atoms. The Balaban J connectivity index is 1.59. The summed E-state index contributed by atoms with van der Waals surface area (Å²) in [6, 6.07) is 13.2. The molecule has 0 spiro atoms. The fraction of sp³-hybridized carbons (Fsp3) is 0.0870. The maximum Gasteiger partial charge on any atom is 0.336 e. The third-order valence-corrected chi connectivity index (χ3v) is 5.19. The predicted molar refractivity (Wildman–Crippen MR) is 110 cm³/mol. The Hall–Kier alpha value is -4.00. The van der Waals surface area contributed by atoms with Crippen molar-refractivity contribution in [2.24, 2.45) is 7.05 Å². The molecule has 1 aliphatic rings. The van der Waals surface area contributed by atoms with Crippen LogP contribution in [0.3, 0.4) is 0 Å². The van der Waals surface area contributed by atoms with Crippen LogP contribution in [-0.4, -0.2) is 25.8 Å². The Kier molecular flexibility index (Phi) is 4.10. The molecule has 0 unspecified atom stereocenters. The lowest BCUT2D eigenvalue weighted by molar-refractivity contribution is 0.0695. The number of aromatic nitrogens is 3. The van der Waals surface area contributed by atoms with Gasteiger partial charge in [0, 0.05) is 25.1 Å². The van der Waals surface area contributed by atoms with Gasteiger partial charge in [0.15, 0.2) is 17.3 Å². The van der Waals surface area contributed by atoms with Crippen LogP contribution in [0.5, 0.6) is 11.5 Å². The van der Waals surface area contributed by atoms with Crippen molar-refractivity contribution in [2.75, 3.05) is 0 Å². The number of fused-ring (bicyclic) bond motifs is 2. The van der Waals surface area contributed by atoms with E-state index in [0.717, 1.165) is 22.2 Å². The molecule has 0 radical (unpaired) electrons. The average molecular weight is 401 g/mol. The van der Waals surface area contributed by atoms with Gasteiger partial charge < -0.3 is 9.84 Å². The number of carbonyl (C=O) groups is 1. The van der Waals surface area contributed by atoms with E-state index in [9.17, 15) is 14.3 Å². The van der Waals surface area contributed by atoms with Crippen molar-refractivity contribution in [3.63, 3.8) is 0 Å². The SMILES string of the molecule is Cn1nc(C2=Cc3nccc(C(=O)O)c3C2)c2cccc(Oc3ccccc3F)c21. The van der Waals surface area contributed by atoms with E-state index in [2.05, 4.69) is 10.1 Å². The summed E-state index contributed by atoms with van der Waals surface area (Å²) in [6.07, 6.45) is 3.79. The Morgan fingerprint density at radius 3 is 2.73 bits per heavy atom. The first kappa shape index (κ1) is 18.1. The molecular weight excluding hydrogens is 385 g/mol. The summed E-state index contributed by atoms with van der Waals surface area (Å²) >= 11 is 0. The van der Waals surface area contributed by atoms with Crippen LogP contribution in [0.15, 0.2) is 54.7 Å². The summed E-state index contributed by atoms with van der Waals surface area (Å²) in [5.74, 6) is -0.803. The Morgan fingerprint density at radius 1 is 1.13 bits per heavy atom. The van der Waals surface area contributed by atoms with Crippen molar-refractivity contribution in [3.05, 3.63) is 83.1 Å². The lowest BCUT2D eigenvalue weighted by atomic mass is 10.0. The van der Waals surface area contributed by atoms with Crippen molar-refractivity contribution in [1.82, 2.24) is 14.8 Å². The van der Waals surface area contributed by atoms with Gasteiger partial charge in [0.25, 0.3) is 0 Å². The van der Waals surface area contributed by atoms with Gasteiger partial charge in [-0.05, 0) is 41.5 Å². The van der Waals surface area contributed by atoms with Gasteiger partial charge in [-0.2, -0.15) is 5.10 Å². The summed E-state index contributed by atoms with van der Waals surface area (Å²) in [4.78, 5) is 15.9. The number of rotatable bonds is 4. The molecule has 0 fully saturated rings. The number of aryl methyl sites for hydroxylation is 1. The quantitative estimate of drug-likeness (QED) is 0.537. The number of para-hydroxylation sites is 2. The van der Waals surface area contributed by atoms with Crippen molar-refractivity contribution in [3.8, 4) is 11.5 Å². The van der Waals surface area contributed by atoms with E-state index >= 15 is 0 Å². The van der Waals surface area contributed by atoms with E-state index < -0.39 is 11.8 Å². The van der Waals surface area contributed by atoms with Crippen LogP contribution >= 0.6 is 0 Å². The van der Waals surface area contributed by atoms with Gasteiger partial charge in [0.1, 0.15) is 5.52 Å². The molecule has 0 amide bonds. The average Bonchev–Trinajstić information content (AvgIpc) is 3.31. The molecule has 5 rings (SSSR count). The highest BCUT2D eigenvalue weighted by Gasteiger charge is 2.25. The minimum atomic E-state index is -0.977. The maximum absolute atomic E-state index is 14.1. The van der Waals surface area contributed by atoms with Crippen LogP contribution in [-0.2, 0) is 13.5 Å². The highest BCUT2D eigenvalue weighted by atomic mass is 19.1. The van der Waals surface area contributed by atoms with Crippen LogP contribution in [0.25, 0.3) is 22.6 Å². The van der Waals surface area contributed by atoms with E-state index in [1.807, 2.05) is 18.2 Å². The van der Waals surface area contributed by atoms with Crippen molar-refractivity contribution in [2.45, 2.75) is 6.42 Å². The zero-order chi connectivity index (χ0) is 20.8. The number of aromatic carboxylic acids is 1. The van der Waals surface area contributed by atoms with E-state index in [1.165, 1.54) is 18.3 Å². The topological polar surface area (TPSA) is 77.2 Å². The number of carboxylic acids is 1. The number of allylic oxidation sites excluding steroid dienone is 1. The summed E-state index contributed by atoms with van der Waals surface area (Å²) in [7, 11) is 1.80. The third-order valence-electron chi connectivity index (χ3n) is 5.19. The van der Waals surface area contributed by atoms with Crippen molar-refractivity contribution in [1.29, 1.82) is 0 Å². The highest BCUT2D eigenvalue weighted by Crippen LogP contribution is 2.38. The number of nitrogens with zero attached hydrogens (tertiary/aromatic N) is 3. The van der Waals surface area contributed by atoms with Crippen LogP contribution in [0.1, 0.15) is 27.3 Å². The molecule has 0 saturated heterocycles. The van der Waals surface area contributed by atoms with Gasteiger partial charge in [-0.25, -0.2) is 9.18 Å². The van der Waals surface area contributed by atoms with E-state index in [1.54, 1.807) is 36.0 Å². The molecular formula is C23H16FN3O3. The zero-order valence-electron chi connectivity index (χ0n) is 16.0. The molecule has 7 heteroatoms. The number of halogens is 1. The minimum absolute atomic E-state index is 0.135. The molecule has 2 aromatic heterocycles. The number of hydrogen-bond donors (Lipinski definition) is 1. The number of pyridine rings is 1. The molecule has 1 N–H and O–H groups in total. The summed E-state index contributed by atoms with van der Waals surface area (Å²) in [5.41, 5.74) is 3.88. The van der Waals surface area contributed by atoms with E-state index in [-0.39, 0.29) is 11.3 Å². The molecule has 30 heavy (non-hydrogen) atoms. The fourth-order valence-electron chi connectivity index (χ4n) is 3.84. The zero-order valence-corrected chi connectivity index (χ0v) is 16.0. The van der Waals surface area contributed by atoms with E-state index in [0.29, 0.717) is 23.4 Å². The molecule has 148 valence electrons. The summed E-state index contributed by atoms with van der Waals surface area (Å²) < 4.78 is 21.6. The van der Waals surface area contributed by atoms with Crippen LogP contribution in [0, 0.1) is 5.82 Å². The smallest absolute Gasteiger partial charge is 0.336 e. The second-order valence-electron chi connectivity index (χ2n) is 7.03. The highest BCUT2D eigenvalue weighted by molar-refractivity contribution is 6.01. The lowest BCUT2D eigenvalue weighted by Gasteiger charge is -2.08.